The maximum atomic E-state index is 12.0. The Morgan fingerprint density at radius 2 is 2.05 bits per heavy atom. The number of rotatable bonds is 4. The molecule has 1 aromatic heterocycles. The number of ether oxygens (including phenoxy) is 1. The molecule has 0 aliphatic carbocycles. The van der Waals surface area contributed by atoms with Crippen molar-refractivity contribution in [3.63, 3.8) is 0 Å². The van der Waals surface area contributed by atoms with Crippen molar-refractivity contribution >= 4 is 34.0 Å². The molecule has 1 amide bonds. The zero-order valence-corrected chi connectivity index (χ0v) is 13.0. The molecule has 20 heavy (non-hydrogen) atoms. The monoisotopic (exact) mass is 310 g/mol. The van der Waals surface area contributed by atoms with Gasteiger partial charge in [0.25, 0.3) is 5.91 Å². The van der Waals surface area contributed by atoms with Crippen molar-refractivity contribution in [3.05, 3.63) is 39.9 Å². The number of aryl methyl sites for hydroxylation is 2. The molecule has 2 aromatic rings. The predicted molar refractivity (Wildman–Crippen MR) is 81.8 cm³/mol. The number of halogens is 1. The highest BCUT2D eigenvalue weighted by molar-refractivity contribution is 7.13. The third kappa shape index (κ3) is 3.49. The van der Waals surface area contributed by atoms with Crippen LogP contribution in [0.3, 0.4) is 0 Å². The molecule has 6 heteroatoms. The molecule has 1 heterocycles. The van der Waals surface area contributed by atoms with Crippen LogP contribution in [0.25, 0.3) is 0 Å². The first kappa shape index (κ1) is 14.8. The molecule has 1 aromatic carbocycles. The first-order valence-electron chi connectivity index (χ1n) is 6.11. The van der Waals surface area contributed by atoms with E-state index < -0.39 is 6.10 Å². The van der Waals surface area contributed by atoms with Gasteiger partial charge in [0.1, 0.15) is 5.75 Å². The van der Waals surface area contributed by atoms with Gasteiger partial charge in [-0.05, 0) is 44.0 Å². The van der Waals surface area contributed by atoms with E-state index in [-0.39, 0.29) is 5.91 Å². The second-order valence-corrected chi connectivity index (χ2v) is 5.73. The van der Waals surface area contributed by atoms with E-state index in [0.29, 0.717) is 10.9 Å². The van der Waals surface area contributed by atoms with Crippen molar-refractivity contribution in [1.29, 1.82) is 0 Å². The van der Waals surface area contributed by atoms with Gasteiger partial charge in [0.15, 0.2) is 11.2 Å². The second-order valence-electron chi connectivity index (χ2n) is 4.46. The van der Waals surface area contributed by atoms with Gasteiger partial charge >= 0.3 is 0 Å². The molecule has 0 aliphatic rings. The van der Waals surface area contributed by atoms with Gasteiger partial charge < -0.3 is 4.74 Å². The third-order valence-corrected chi connectivity index (χ3v) is 4.04. The van der Waals surface area contributed by atoms with Crippen LogP contribution in [-0.2, 0) is 4.79 Å². The highest BCUT2D eigenvalue weighted by atomic mass is 35.5. The summed E-state index contributed by atoms with van der Waals surface area (Å²) in [7, 11) is 0. The van der Waals surface area contributed by atoms with Crippen molar-refractivity contribution in [2.75, 3.05) is 5.32 Å². The van der Waals surface area contributed by atoms with E-state index in [1.807, 2.05) is 26.0 Å². The first-order chi connectivity index (χ1) is 9.47. The van der Waals surface area contributed by atoms with Gasteiger partial charge in [0, 0.05) is 16.6 Å². The van der Waals surface area contributed by atoms with Crippen LogP contribution in [-0.4, -0.2) is 17.0 Å². The van der Waals surface area contributed by atoms with Crippen LogP contribution in [0.2, 0.25) is 5.02 Å². The summed E-state index contributed by atoms with van der Waals surface area (Å²) < 4.78 is 5.65. The zero-order chi connectivity index (χ0) is 14.7. The van der Waals surface area contributed by atoms with E-state index in [4.69, 9.17) is 16.3 Å². The molecule has 2 rings (SSSR count). The number of thiazole rings is 1. The van der Waals surface area contributed by atoms with Crippen molar-refractivity contribution < 1.29 is 9.53 Å². The number of nitrogens with one attached hydrogen (secondary N) is 1. The van der Waals surface area contributed by atoms with E-state index >= 15 is 0 Å². The summed E-state index contributed by atoms with van der Waals surface area (Å²) >= 11 is 7.47. The van der Waals surface area contributed by atoms with Gasteiger partial charge in [-0.1, -0.05) is 11.6 Å². The SMILES string of the molecule is Cc1cc(O[C@@H](C)C(=O)Nc2nccs2)cc(C)c1Cl. The Hall–Kier alpha value is -1.59. The third-order valence-electron chi connectivity index (χ3n) is 2.75. The highest BCUT2D eigenvalue weighted by Crippen LogP contribution is 2.26. The predicted octanol–water partition coefficient (Wildman–Crippen LogP) is 3.82. The molecule has 0 saturated heterocycles. The molecule has 0 spiro atoms. The van der Waals surface area contributed by atoms with Crippen LogP contribution in [0.5, 0.6) is 5.75 Å². The molecule has 0 unspecified atom stereocenters. The van der Waals surface area contributed by atoms with Crippen molar-refractivity contribution in [2.24, 2.45) is 0 Å². The molecule has 0 radical (unpaired) electrons. The van der Waals surface area contributed by atoms with Gasteiger partial charge in [0.05, 0.1) is 0 Å². The van der Waals surface area contributed by atoms with Crippen LogP contribution in [0.1, 0.15) is 18.1 Å². The van der Waals surface area contributed by atoms with Gasteiger partial charge in [-0.3, -0.25) is 10.1 Å². The lowest BCUT2D eigenvalue weighted by atomic mass is 10.1. The molecule has 1 atom stereocenters. The quantitative estimate of drug-likeness (QED) is 0.934. The molecular weight excluding hydrogens is 296 g/mol. The number of carbonyl (C=O) groups is 1. The molecule has 0 fully saturated rings. The summed E-state index contributed by atoms with van der Waals surface area (Å²) in [5, 5.41) is 5.78. The number of aromatic nitrogens is 1. The maximum absolute atomic E-state index is 12.0. The summed E-state index contributed by atoms with van der Waals surface area (Å²) in [4.78, 5) is 16.0. The standard InChI is InChI=1S/C14H15ClN2O2S/c1-8-6-11(7-9(2)12(8)15)19-10(3)13(18)17-14-16-4-5-20-14/h4-7,10H,1-3H3,(H,16,17,18)/t10-/m0/s1. The first-order valence-corrected chi connectivity index (χ1v) is 7.37. The molecular formula is C14H15ClN2O2S. The summed E-state index contributed by atoms with van der Waals surface area (Å²) in [6.45, 7) is 5.51. The van der Waals surface area contributed by atoms with Crippen LogP contribution < -0.4 is 10.1 Å². The zero-order valence-electron chi connectivity index (χ0n) is 11.4. The minimum atomic E-state index is -0.612. The van der Waals surface area contributed by atoms with Crippen molar-refractivity contribution in [3.8, 4) is 5.75 Å². The van der Waals surface area contributed by atoms with Gasteiger partial charge in [-0.2, -0.15) is 0 Å². The van der Waals surface area contributed by atoms with E-state index in [2.05, 4.69) is 10.3 Å². The summed E-state index contributed by atoms with van der Waals surface area (Å²) in [6, 6.07) is 3.64. The fourth-order valence-electron chi connectivity index (χ4n) is 1.72. The lowest BCUT2D eigenvalue weighted by Crippen LogP contribution is -2.30. The second kappa shape index (κ2) is 6.24. The summed E-state index contributed by atoms with van der Waals surface area (Å²) in [5.41, 5.74) is 1.85. The lowest BCUT2D eigenvalue weighted by molar-refractivity contribution is -0.122. The van der Waals surface area contributed by atoms with Gasteiger partial charge in [-0.15, -0.1) is 11.3 Å². The van der Waals surface area contributed by atoms with E-state index in [1.54, 1.807) is 18.5 Å². The normalized spacial score (nSPS) is 12.0. The number of hydrogen-bond acceptors (Lipinski definition) is 4. The average Bonchev–Trinajstić information content (AvgIpc) is 2.88. The molecule has 106 valence electrons. The fourth-order valence-corrected chi connectivity index (χ4v) is 2.37. The smallest absolute Gasteiger partial charge is 0.266 e. The Bertz CT molecular complexity index is 591. The number of hydrogen-bond donors (Lipinski definition) is 1. The van der Waals surface area contributed by atoms with E-state index in [1.165, 1.54) is 11.3 Å². The minimum absolute atomic E-state index is 0.231. The fraction of sp³-hybridized carbons (Fsp3) is 0.286. The van der Waals surface area contributed by atoms with Gasteiger partial charge in [-0.25, -0.2) is 4.98 Å². The van der Waals surface area contributed by atoms with E-state index in [0.717, 1.165) is 16.1 Å². The molecule has 4 nitrogen and oxygen atoms in total. The number of amides is 1. The molecule has 0 bridgehead atoms. The Kier molecular flexibility index (Phi) is 4.62. The topological polar surface area (TPSA) is 51.2 Å². The lowest BCUT2D eigenvalue weighted by Gasteiger charge is -2.15. The highest BCUT2D eigenvalue weighted by Gasteiger charge is 2.16. The Balaban J connectivity index is 2.04. The number of benzene rings is 1. The van der Waals surface area contributed by atoms with Gasteiger partial charge in [0.2, 0.25) is 0 Å². The Morgan fingerprint density at radius 1 is 1.40 bits per heavy atom. The largest absolute Gasteiger partial charge is 0.481 e. The minimum Gasteiger partial charge on any atom is -0.481 e. The molecule has 0 aliphatic heterocycles. The van der Waals surface area contributed by atoms with Crippen LogP contribution in [0.4, 0.5) is 5.13 Å². The number of carbonyl (C=O) groups excluding carboxylic acids is 1. The molecule has 0 saturated carbocycles. The Labute approximate surface area is 126 Å². The Morgan fingerprint density at radius 3 is 2.60 bits per heavy atom. The van der Waals surface area contributed by atoms with E-state index in [9.17, 15) is 4.79 Å². The number of anilines is 1. The summed E-state index contributed by atoms with van der Waals surface area (Å²) in [5.74, 6) is 0.399. The average molecular weight is 311 g/mol. The van der Waals surface area contributed by atoms with Crippen LogP contribution in [0, 0.1) is 13.8 Å². The van der Waals surface area contributed by atoms with Crippen LogP contribution in [0.15, 0.2) is 23.7 Å². The van der Waals surface area contributed by atoms with Crippen LogP contribution >= 0.6 is 22.9 Å². The van der Waals surface area contributed by atoms with Crippen molar-refractivity contribution in [1.82, 2.24) is 4.98 Å². The van der Waals surface area contributed by atoms with Crippen molar-refractivity contribution in [2.45, 2.75) is 26.9 Å². The molecule has 1 N–H and O–H groups in total. The maximum Gasteiger partial charge on any atom is 0.266 e. The number of nitrogens with zero attached hydrogens (tertiary/aromatic N) is 1. The summed E-state index contributed by atoms with van der Waals surface area (Å²) in [6.07, 6.45) is 1.02.